The van der Waals surface area contributed by atoms with E-state index in [1.807, 2.05) is 0 Å². The molecule has 1 rings (SSSR count). The first kappa shape index (κ1) is 15.0. The number of esters is 1. The number of benzene rings is 1. The topological polar surface area (TPSA) is 55.4 Å². The average Bonchev–Trinajstić information content (AvgIpc) is 2.43. The van der Waals surface area contributed by atoms with Crippen molar-refractivity contribution in [1.29, 1.82) is 0 Å². The molecule has 0 aliphatic carbocycles. The lowest BCUT2D eigenvalue weighted by atomic mass is 10.1. The van der Waals surface area contributed by atoms with Crippen molar-refractivity contribution in [1.82, 2.24) is 5.32 Å². The molecule has 0 atom stereocenters. The second-order valence-corrected chi connectivity index (χ2v) is 4.02. The van der Waals surface area contributed by atoms with E-state index in [1.54, 1.807) is 37.4 Å². The fourth-order valence-corrected chi connectivity index (χ4v) is 1.45. The molecule has 0 radical (unpaired) electrons. The van der Waals surface area contributed by atoms with E-state index >= 15 is 0 Å². The van der Waals surface area contributed by atoms with E-state index in [4.69, 9.17) is 11.6 Å². The molecule has 0 amide bonds. The number of hydrogen-bond acceptors (Lipinski definition) is 4. The highest BCUT2D eigenvalue weighted by molar-refractivity contribution is 6.30. The third-order valence-corrected chi connectivity index (χ3v) is 2.51. The molecule has 1 aromatic carbocycles. The molecule has 0 heterocycles. The molecule has 1 N–H and O–H groups in total. The number of halogens is 1. The molecule has 5 heteroatoms. The molecule has 1 aromatic rings. The van der Waals surface area contributed by atoms with E-state index in [2.05, 4.69) is 10.1 Å². The van der Waals surface area contributed by atoms with Crippen molar-refractivity contribution in [2.24, 2.45) is 0 Å². The molecule has 0 spiro atoms. The molecule has 0 aliphatic heterocycles. The number of methoxy groups -OCH3 is 1. The Morgan fingerprint density at radius 2 is 1.89 bits per heavy atom. The average molecular weight is 280 g/mol. The molecule has 19 heavy (non-hydrogen) atoms. The van der Waals surface area contributed by atoms with Crippen LogP contribution in [0.3, 0.4) is 0 Å². The van der Waals surface area contributed by atoms with Gasteiger partial charge in [0, 0.05) is 18.3 Å². The summed E-state index contributed by atoms with van der Waals surface area (Å²) in [5.41, 5.74) is 0.752. The van der Waals surface area contributed by atoms with Crippen LogP contribution in [0.2, 0.25) is 5.02 Å². The minimum absolute atomic E-state index is 0.0600. The second-order valence-electron chi connectivity index (χ2n) is 3.59. The summed E-state index contributed by atoms with van der Waals surface area (Å²) in [6.45, 7) is 0. The summed E-state index contributed by atoms with van der Waals surface area (Å²) in [5, 5.41) is 3.25. The maximum Gasteiger partial charge on any atom is 0.343 e. The van der Waals surface area contributed by atoms with Crippen molar-refractivity contribution < 1.29 is 14.3 Å². The van der Waals surface area contributed by atoms with Crippen LogP contribution in [-0.2, 0) is 14.3 Å². The molecule has 0 aromatic heterocycles. The second kappa shape index (κ2) is 7.38. The van der Waals surface area contributed by atoms with Crippen LogP contribution in [0.4, 0.5) is 0 Å². The molecule has 0 fully saturated rings. The maximum absolute atomic E-state index is 11.9. The van der Waals surface area contributed by atoms with Gasteiger partial charge >= 0.3 is 5.97 Å². The van der Waals surface area contributed by atoms with Gasteiger partial charge in [-0.3, -0.25) is 4.79 Å². The van der Waals surface area contributed by atoms with Gasteiger partial charge in [0.2, 0.25) is 0 Å². The highest BCUT2D eigenvalue weighted by atomic mass is 35.5. The number of carbonyl (C=O) groups is 2. The Kier molecular flexibility index (Phi) is 5.82. The van der Waals surface area contributed by atoms with Gasteiger partial charge in [0.15, 0.2) is 5.78 Å². The van der Waals surface area contributed by atoms with Crippen LogP contribution >= 0.6 is 11.6 Å². The van der Waals surface area contributed by atoms with Gasteiger partial charge in [-0.25, -0.2) is 4.79 Å². The zero-order valence-corrected chi connectivity index (χ0v) is 11.4. The van der Waals surface area contributed by atoms with Crippen LogP contribution < -0.4 is 5.32 Å². The first-order valence-electron chi connectivity index (χ1n) is 5.52. The Morgan fingerprint density at radius 3 is 2.42 bits per heavy atom. The summed E-state index contributed by atoms with van der Waals surface area (Å²) in [6, 6.07) is 6.98. The van der Waals surface area contributed by atoms with Gasteiger partial charge in [-0.05, 0) is 23.8 Å². The standard InChI is InChI=1S/C14H14ClNO3/c1-16-9-12(14(18)19-2)13(17)8-5-10-3-6-11(15)7-4-10/h3-9,16H,1-2H3. The van der Waals surface area contributed by atoms with Crippen LogP contribution in [0, 0.1) is 0 Å². The minimum atomic E-state index is -0.680. The molecular weight excluding hydrogens is 266 g/mol. The summed E-state index contributed by atoms with van der Waals surface area (Å²) >= 11 is 5.76. The fraction of sp³-hybridized carbons (Fsp3) is 0.143. The Bertz CT molecular complexity index is 518. The van der Waals surface area contributed by atoms with Crippen LogP contribution in [0.1, 0.15) is 5.56 Å². The molecule has 0 saturated carbocycles. The smallest absolute Gasteiger partial charge is 0.343 e. The predicted molar refractivity (Wildman–Crippen MR) is 74.7 cm³/mol. The Balaban J connectivity index is 2.85. The van der Waals surface area contributed by atoms with Gasteiger partial charge in [-0.2, -0.15) is 0 Å². The summed E-state index contributed by atoms with van der Waals surface area (Å²) < 4.78 is 4.53. The SMILES string of the molecule is CNC=C(C(=O)C=Cc1ccc(Cl)cc1)C(=O)OC. The molecule has 4 nitrogen and oxygen atoms in total. The molecule has 0 unspecified atom stereocenters. The summed E-state index contributed by atoms with van der Waals surface area (Å²) in [7, 11) is 2.82. The summed E-state index contributed by atoms with van der Waals surface area (Å²) in [4.78, 5) is 23.2. The third-order valence-electron chi connectivity index (χ3n) is 2.26. The van der Waals surface area contributed by atoms with Gasteiger partial charge in [0.05, 0.1) is 7.11 Å². The predicted octanol–water partition coefficient (Wildman–Crippen LogP) is 2.20. The van der Waals surface area contributed by atoms with Gasteiger partial charge in [-0.1, -0.05) is 29.8 Å². The zero-order valence-electron chi connectivity index (χ0n) is 10.6. The van der Waals surface area contributed by atoms with Crippen LogP contribution in [0.25, 0.3) is 6.08 Å². The van der Waals surface area contributed by atoms with Crippen LogP contribution in [0.15, 0.2) is 42.1 Å². The maximum atomic E-state index is 11.9. The number of hydrogen-bond donors (Lipinski definition) is 1. The lowest BCUT2D eigenvalue weighted by Gasteiger charge is -2.01. The summed E-state index contributed by atoms with van der Waals surface area (Å²) in [6.07, 6.45) is 4.22. The van der Waals surface area contributed by atoms with E-state index < -0.39 is 11.8 Å². The Morgan fingerprint density at radius 1 is 1.26 bits per heavy atom. The first-order valence-corrected chi connectivity index (χ1v) is 5.90. The number of carbonyl (C=O) groups excluding carboxylic acids is 2. The van der Waals surface area contributed by atoms with Crippen molar-refractivity contribution in [3.63, 3.8) is 0 Å². The van der Waals surface area contributed by atoms with E-state index in [9.17, 15) is 9.59 Å². The van der Waals surface area contributed by atoms with E-state index in [1.165, 1.54) is 19.4 Å². The third kappa shape index (κ3) is 4.60. The van der Waals surface area contributed by atoms with Gasteiger partial charge in [0.1, 0.15) is 5.57 Å². The van der Waals surface area contributed by atoms with Gasteiger partial charge in [0.25, 0.3) is 0 Å². The summed E-state index contributed by atoms with van der Waals surface area (Å²) in [5.74, 6) is -1.11. The molecular formula is C14H14ClNO3. The molecule has 0 aliphatic rings. The number of rotatable bonds is 5. The largest absolute Gasteiger partial charge is 0.465 e. The lowest BCUT2D eigenvalue weighted by molar-refractivity contribution is -0.137. The van der Waals surface area contributed by atoms with E-state index in [0.29, 0.717) is 5.02 Å². The van der Waals surface area contributed by atoms with Crippen molar-refractivity contribution in [2.45, 2.75) is 0 Å². The first-order chi connectivity index (χ1) is 9.08. The van der Waals surface area contributed by atoms with Gasteiger partial charge in [-0.15, -0.1) is 0 Å². The normalized spacial score (nSPS) is 11.4. The number of nitrogens with one attached hydrogen (secondary N) is 1. The number of allylic oxidation sites excluding steroid dienone is 1. The zero-order chi connectivity index (χ0) is 14.3. The lowest BCUT2D eigenvalue weighted by Crippen LogP contribution is -2.15. The number of ketones is 1. The minimum Gasteiger partial charge on any atom is -0.465 e. The highest BCUT2D eigenvalue weighted by Gasteiger charge is 2.15. The quantitative estimate of drug-likeness (QED) is 0.389. The van der Waals surface area contributed by atoms with E-state index in [-0.39, 0.29) is 5.57 Å². The van der Waals surface area contributed by atoms with Crippen molar-refractivity contribution in [3.8, 4) is 0 Å². The van der Waals surface area contributed by atoms with Gasteiger partial charge < -0.3 is 10.1 Å². The molecule has 100 valence electrons. The van der Waals surface area contributed by atoms with Crippen LogP contribution in [0.5, 0.6) is 0 Å². The van der Waals surface area contributed by atoms with Crippen molar-refractivity contribution >= 4 is 29.4 Å². The Labute approximate surface area is 116 Å². The van der Waals surface area contributed by atoms with Crippen molar-refractivity contribution in [2.75, 3.05) is 14.2 Å². The highest BCUT2D eigenvalue weighted by Crippen LogP contribution is 2.11. The van der Waals surface area contributed by atoms with Crippen molar-refractivity contribution in [3.05, 3.63) is 52.7 Å². The Hall–Kier alpha value is -2.07. The molecule has 0 saturated heterocycles. The fourth-order valence-electron chi connectivity index (χ4n) is 1.32. The van der Waals surface area contributed by atoms with E-state index in [0.717, 1.165) is 5.56 Å². The molecule has 0 bridgehead atoms. The van der Waals surface area contributed by atoms with Crippen LogP contribution in [-0.4, -0.2) is 25.9 Å². The number of ether oxygens (including phenoxy) is 1. The monoisotopic (exact) mass is 279 g/mol.